The second-order valence-electron chi connectivity index (χ2n) is 5.38. The van der Waals surface area contributed by atoms with Gasteiger partial charge in [-0.25, -0.2) is 0 Å². The fraction of sp³-hybridized carbons (Fsp3) is 0.533. The van der Waals surface area contributed by atoms with E-state index in [2.05, 4.69) is 17.1 Å². The molecule has 0 spiro atoms. The van der Waals surface area contributed by atoms with E-state index >= 15 is 0 Å². The third kappa shape index (κ3) is 2.05. The normalized spacial score (nSPS) is 25.4. The molecule has 0 bridgehead atoms. The number of methoxy groups -OCH3 is 1. The van der Waals surface area contributed by atoms with Gasteiger partial charge in [-0.3, -0.25) is 4.79 Å². The predicted molar refractivity (Wildman–Crippen MR) is 75.8 cm³/mol. The van der Waals surface area contributed by atoms with Crippen LogP contribution in [-0.2, 0) is 4.79 Å². The first-order chi connectivity index (χ1) is 9.22. The average molecular weight is 260 g/mol. The molecule has 0 saturated carbocycles. The highest BCUT2D eigenvalue weighted by Gasteiger charge is 2.37. The number of anilines is 2. The van der Waals surface area contributed by atoms with Crippen molar-refractivity contribution in [2.24, 2.45) is 5.92 Å². The zero-order valence-corrected chi connectivity index (χ0v) is 11.5. The van der Waals surface area contributed by atoms with Crippen molar-refractivity contribution in [2.75, 3.05) is 23.9 Å². The van der Waals surface area contributed by atoms with Crippen LogP contribution >= 0.6 is 0 Å². The molecule has 0 radical (unpaired) electrons. The predicted octanol–water partition coefficient (Wildman–Crippen LogP) is 2.64. The van der Waals surface area contributed by atoms with E-state index in [0.29, 0.717) is 5.92 Å². The van der Waals surface area contributed by atoms with Crippen LogP contribution in [0.25, 0.3) is 0 Å². The molecule has 1 fully saturated rings. The van der Waals surface area contributed by atoms with Crippen LogP contribution in [0.1, 0.15) is 26.2 Å². The summed E-state index contributed by atoms with van der Waals surface area (Å²) in [5.41, 5.74) is 2.00. The second-order valence-corrected chi connectivity index (χ2v) is 5.38. The Morgan fingerprint density at radius 1 is 1.47 bits per heavy atom. The van der Waals surface area contributed by atoms with Crippen LogP contribution < -0.4 is 15.0 Å². The summed E-state index contributed by atoms with van der Waals surface area (Å²) in [5.74, 6) is 1.58. The molecule has 2 aliphatic heterocycles. The van der Waals surface area contributed by atoms with Crippen molar-refractivity contribution in [3.8, 4) is 5.75 Å². The lowest BCUT2D eigenvalue weighted by Crippen LogP contribution is -2.52. The first kappa shape index (κ1) is 12.3. The molecule has 1 saturated heterocycles. The number of nitrogens with zero attached hydrogens (tertiary/aromatic N) is 1. The molecule has 1 aromatic rings. The monoisotopic (exact) mass is 260 g/mol. The zero-order valence-electron chi connectivity index (χ0n) is 11.5. The van der Waals surface area contributed by atoms with Gasteiger partial charge >= 0.3 is 0 Å². The third-order valence-corrected chi connectivity index (χ3v) is 4.36. The summed E-state index contributed by atoms with van der Waals surface area (Å²) in [6.45, 7) is 3.18. The number of amides is 1. The molecule has 1 amide bonds. The van der Waals surface area contributed by atoms with Gasteiger partial charge in [-0.1, -0.05) is 13.3 Å². The van der Waals surface area contributed by atoms with Crippen molar-refractivity contribution < 1.29 is 9.53 Å². The first-order valence-corrected chi connectivity index (χ1v) is 6.98. The van der Waals surface area contributed by atoms with Crippen LogP contribution in [-0.4, -0.2) is 25.6 Å². The van der Waals surface area contributed by atoms with Gasteiger partial charge in [0.15, 0.2) is 0 Å². The standard InChI is InChI=1S/C15H20N2O2/c1-3-10-6-7-17-13-5-4-11(19-2)9-12(13)16-15(18)14(17)8-10/h4-5,9-10,14H,3,6-8H2,1-2H3,(H,16,18). The van der Waals surface area contributed by atoms with Crippen LogP contribution in [0.4, 0.5) is 11.4 Å². The highest BCUT2D eigenvalue weighted by atomic mass is 16.5. The molecule has 1 N–H and O–H groups in total. The molecule has 3 rings (SSSR count). The number of ether oxygens (including phenoxy) is 1. The van der Waals surface area contributed by atoms with Gasteiger partial charge in [0.1, 0.15) is 11.8 Å². The van der Waals surface area contributed by atoms with Crippen molar-refractivity contribution in [1.29, 1.82) is 0 Å². The van der Waals surface area contributed by atoms with Crippen LogP contribution in [0.2, 0.25) is 0 Å². The maximum absolute atomic E-state index is 12.3. The summed E-state index contributed by atoms with van der Waals surface area (Å²) in [5, 5.41) is 3.02. The molecule has 4 nitrogen and oxygen atoms in total. The van der Waals surface area contributed by atoms with Crippen molar-refractivity contribution >= 4 is 17.3 Å². The van der Waals surface area contributed by atoms with E-state index in [1.807, 2.05) is 18.2 Å². The van der Waals surface area contributed by atoms with Crippen LogP contribution in [0.3, 0.4) is 0 Å². The molecule has 2 aliphatic rings. The van der Waals surface area contributed by atoms with Gasteiger partial charge < -0.3 is 15.0 Å². The van der Waals surface area contributed by atoms with Gasteiger partial charge in [0.05, 0.1) is 18.5 Å². The van der Waals surface area contributed by atoms with Crippen molar-refractivity contribution in [1.82, 2.24) is 0 Å². The zero-order chi connectivity index (χ0) is 13.4. The summed E-state index contributed by atoms with van der Waals surface area (Å²) >= 11 is 0. The third-order valence-electron chi connectivity index (χ3n) is 4.36. The molecule has 0 aromatic heterocycles. The Labute approximate surface area is 113 Å². The van der Waals surface area contributed by atoms with Crippen LogP contribution in [0.15, 0.2) is 18.2 Å². The smallest absolute Gasteiger partial charge is 0.247 e. The molecular weight excluding hydrogens is 240 g/mol. The fourth-order valence-corrected chi connectivity index (χ4v) is 3.15. The lowest BCUT2D eigenvalue weighted by molar-refractivity contribution is -0.118. The summed E-state index contributed by atoms with van der Waals surface area (Å²) in [6.07, 6.45) is 3.30. The van der Waals surface area contributed by atoms with Gasteiger partial charge in [0.25, 0.3) is 0 Å². The Kier molecular flexibility index (Phi) is 3.09. The molecule has 0 aliphatic carbocycles. The Morgan fingerprint density at radius 2 is 2.32 bits per heavy atom. The maximum Gasteiger partial charge on any atom is 0.247 e. The van der Waals surface area contributed by atoms with E-state index in [-0.39, 0.29) is 11.9 Å². The summed E-state index contributed by atoms with van der Waals surface area (Å²) in [4.78, 5) is 14.5. The number of benzene rings is 1. The largest absolute Gasteiger partial charge is 0.497 e. The van der Waals surface area contributed by atoms with Crippen molar-refractivity contribution in [2.45, 2.75) is 32.2 Å². The van der Waals surface area contributed by atoms with Crippen molar-refractivity contribution in [3.05, 3.63) is 18.2 Å². The van der Waals surface area contributed by atoms with Crippen LogP contribution in [0.5, 0.6) is 5.75 Å². The maximum atomic E-state index is 12.3. The van der Waals surface area contributed by atoms with E-state index in [1.165, 1.54) is 6.42 Å². The summed E-state index contributed by atoms with van der Waals surface area (Å²) < 4.78 is 5.22. The minimum Gasteiger partial charge on any atom is -0.497 e. The minimum atomic E-state index is -0.000375. The van der Waals surface area contributed by atoms with E-state index in [4.69, 9.17) is 4.74 Å². The lowest BCUT2D eigenvalue weighted by Gasteiger charge is -2.43. The number of hydrogen-bond acceptors (Lipinski definition) is 3. The number of hydrogen-bond donors (Lipinski definition) is 1. The van der Waals surface area contributed by atoms with E-state index in [9.17, 15) is 4.79 Å². The fourth-order valence-electron chi connectivity index (χ4n) is 3.15. The highest BCUT2D eigenvalue weighted by Crippen LogP contribution is 2.39. The van der Waals surface area contributed by atoms with E-state index in [0.717, 1.165) is 36.5 Å². The number of piperidine rings is 1. The minimum absolute atomic E-state index is 0.000375. The first-order valence-electron chi connectivity index (χ1n) is 6.98. The van der Waals surface area contributed by atoms with Crippen molar-refractivity contribution in [3.63, 3.8) is 0 Å². The number of carbonyl (C=O) groups is 1. The average Bonchev–Trinajstić information content (AvgIpc) is 2.46. The summed E-state index contributed by atoms with van der Waals surface area (Å²) in [7, 11) is 1.64. The topological polar surface area (TPSA) is 41.6 Å². The number of nitrogens with one attached hydrogen (secondary N) is 1. The Morgan fingerprint density at radius 3 is 3.05 bits per heavy atom. The summed E-state index contributed by atoms with van der Waals surface area (Å²) in [6, 6.07) is 5.90. The SMILES string of the molecule is CCC1CCN2c3ccc(OC)cc3NC(=O)C2C1. The quantitative estimate of drug-likeness (QED) is 0.888. The molecule has 2 unspecified atom stereocenters. The number of carbonyl (C=O) groups excluding carboxylic acids is 1. The number of rotatable bonds is 2. The highest BCUT2D eigenvalue weighted by molar-refractivity contribution is 6.04. The second kappa shape index (κ2) is 4.76. The Hall–Kier alpha value is -1.71. The Bertz CT molecular complexity index is 501. The molecule has 19 heavy (non-hydrogen) atoms. The molecule has 1 aromatic carbocycles. The van der Waals surface area contributed by atoms with Gasteiger partial charge in [-0.2, -0.15) is 0 Å². The lowest BCUT2D eigenvalue weighted by atomic mass is 9.87. The van der Waals surface area contributed by atoms with E-state index < -0.39 is 0 Å². The van der Waals surface area contributed by atoms with Gasteiger partial charge in [-0.15, -0.1) is 0 Å². The Balaban J connectivity index is 1.93. The van der Waals surface area contributed by atoms with Gasteiger partial charge in [0, 0.05) is 12.6 Å². The van der Waals surface area contributed by atoms with Crippen LogP contribution in [0, 0.1) is 5.92 Å². The molecule has 4 heteroatoms. The van der Waals surface area contributed by atoms with Gasteiger partial charge in [-0.05, 0) is 30.9 Å². The van der Waals surface area contributed by atoms with E-state index in [1.54, 1.807) is 7.11 Å². The molecule has 2 atom stereocenters. The molecule has 2 heterocycles. The molecule has 102 valence electrons. The molecular formula is C15H20N2O2. The van der Waals surface area contributed by atoms with Gasteiger partial charge in [0.2, 0.25) is 5.91 Å². The number of fused-ring (bicyclic) bond motifs is 3.